The second-order valence-corrected chi connectivity index (χ2v) is 11.5. The van der Waals surface area contributed by atoms with Crippen molar-refractivity contribution in [3.8, 4) is 0 Å². The van der Waals surface area contributed by atoms with Crippen LogP contribution in [0.1, 0.15) is 61.1 Å². The van der Waals surface area contributed by atoms with Gasteiger partial charge in [-0.3, -0.25) is 15.0 Å². The molecule has 2 amide bonds. The third-order valence-electron chi connectivity index (χ3n) is 6.36. The molecule has 33 heavy (non-hydrogen) atoms. The van der Waals surface area contributed by atoms with Crippen molar-refractivity contribution in [3.05, 3.63) is 21.9 Å². The molecule has 2 heterocycles. The molecule has 0 spiro atoms. The summed E-state index contributed by atoms with van der Waals surface area (Å²) in [5.74, 6) is -0.326. The molecule has 0 unspecified atom stereocenters. The Morgan fingerprint density at radius 1 is 1.21 bits per heavy atom. The Hall–Kier alpha value is -2.02. The number of hydrogen-bond donors (Lipinski definition) is 5. The predicted octanol–water partition coefficient (Wildman–Crippen LogP) is 1.03. The maximum absolute atomic E-state index is 13.4. The first-order valence-corrected chi connectivity index (χ1v) is 13.7. The maximum Gasteiger partial charge on any atom is 0.277 e. The molecule has 0 radical (unpaired) electrons. The van der Waals surface area contributed by atoms with Crippen molar-refractivity contribution >= 4 is 39.2 Å². The number of amides is 2. The molecule has 1 aliphatic carbocycles. The Morgan fingerprint density at radius 3 is 2.58 bits per heavy atom. The minimum atomic E-state index is -3.81. The number of carbonyl (C=O) groups excluding carboxylic acids is 2. The van der Waals surface area contributed by atoms with Crippen LogP contribution in [0.2, 0.25) is 0 Å². The van der Waals surface area contributed by atoms with Crippen molar-refractivity contribution in [2.75, 3.05) is 13.6 Å². The van der Waals surface area contributed by atoms with Gasteiger partial charge in [-0.2, -0.15) is 13.1 Å². The monoisotopic (exact) mass is 498 g/mol. The highest BCUT2D eigenvalue weighted by atomic mass is 32.2. The van der Waals surface area contributed by atoms with E-state index in [4.69, 9.17) is 11.1 Å². The molecule has 12 heteroatoms. The van der Waals surface area contributed by atoms with Gasteiger partial charge < -0.3 is 16.0 Å². The number of hydrogen-bond acceptors (Lipinski definition) is 6. The van der Waals surface area contributed by atoms with E-state index in [0.717, 1.165) is 30.6 Å². The summed E-state index contributed by atoms with van der Waals surface area (Å²) in [5.41, 5.74) is 5.49. The van der Waals surface area contributed by atoms with E-state index in [2.05, 4.69) is 14.8 Å². The molecule has 0 bridgehead atoms. The average Bonchev–Trinajstić information content (AvgIpc) is 3.47. The van der Waals surface area contributed by atoms with E-state index in [0.29, 0.717) is 30.7 Å². The van der Waals surface area contributed by atoms with Crippen LogP contribution in [-0.2, 0) is 26.3 Å². The molecule has 10 nitrogen and oxygen atoms in total. The van der Waals surface area contributed by atoms with Crippen LogP contribution in [0.5, 0.6) is 0 Å². The largest absolute Gasteiger partial charge is 0.383 e. The highest BCUT2D eigenvalue weighted by molar-refractivity contribution is 7.87. The summed E-state index contributed by atoms with van der Waals surface area (Å²) in [7, 11) is -2.50. The summed E-state index contributed by atoms with van der Waals surface area (Å²) in [6.07, 6.45) is 6.98. The first-order valence-electron chi connectivity index (χ1n) is 11.4. The molecule has 0 aromatic carbocycles. The zero-order valence-corrected chi connectivity index (χ0v) is 20.6. The van der Waals surface area contributed by atoms with Crippen molar-refractivity contribution < 1.29 is 18.0 Å². The second kappa shape index (κ2) is 11.4. The molecule has 6 N–H and O–H groups in total. The lowest BCUT2D eigenvalue weighted by atomic mass is 9.84. The fraction of sp³-hybridized carbons (Fsp3) is 0.667. The summed E-state index contributed by atoms with van der Waals surface area (Å²) < 4.78 is 29.1. The van der Waals surface area contributed by atoms with Gasteiger partial charge in [0.2, 0.25) is 11.8 Å². The number of likely N-dealkylation sites (tertiary alicyclic amines) is 1. The quantitative estimate of drug-likeness (QED) is 0.240. The zero-order chi connectivity index (χ0) is 24.0. The summed E-state index contributed by atoms with van der Waals surface area (Å²) in [6.45, 7) is 0.708. The van der Waals surface area contributed by atoms with Crippen LogP contribution in [0.4, 0.5) is 0 Å². The highest BCUT2D eigenvalue weighted by Crippen LogP contribution is 2.29. The Labute approximate surface area is 199 Å². The second-order valence-electron chi connectivity index (χ2n) is 8.70. The van der Waals surface area contributed by atoms with E-state index in [1.165, 1.54) is 29.7 Å². The molecular formula is C21H34N6O4S2. The van der Waals surface area contributed by atoms with Gasteiger partial charge in [0.25, 0.3) is 10.2 Å². The van der Waals surface area contributed by atoms with Gasteiger partial charge in [-0.1, -0.05) is 32.1 Å². The normalized spacial score (nSPS) is 20.5. The first-order chi connectivity index (χ1) is 15.7. The molecule has 184 valence electrons. The van der Waals surface area contributed by atoms with Crippen molar-refractivity contribution in [3.63, 3.8) is 0 Å². The summed E-state index contributed by atoms with van der Waals surface area (Å²) in [4.78, 5) is 29.4. The van der Waals surface area contributed by atoms with Gasteiger partial charge in [-0.25, -0.2) is 4.72 Å². The number of nitrogen functional groups attached to an aromatic ring is 1. The SMILES string of the molecule is CNS(=O)(=O)N[C@H](CC1CCCCC1)C(=O)N1CCC[C@H]1C(=O)NCc1ccc(C(=N)N)s1. The third kappa shape index (κ3) is 6.98. The number of carbonyl (C=O) groups is 2. The van der Waals surface area contributed by atoms with Gasteiger partial charge in [0.1, 0.15) is 17.9 Å². The smallest absolute Gasteiger partial charge is 0.277 e. The van der Waals surface area contributed by atoms with Gasteiger partial charge in [0, 0.05) is 18.5 Å². The molecular weight excluding hydrogens is 464 g/mol. The van der Waals surface area contributed by atoms with E-state index in [1.807, 2.05) is 6.07 Å². The molecule has 2 aliphatic rings. The Balaban J connectivity index is 1.66. The van der Waals surface area contributed by atoms with E-state index >= 15 is 0 Å². The molecule has 1 aromatic rings. The summed E-state index contributed by atoms with van der Waals surface area (Å²) in [5, 5.41) is 10.4. The molecule has 2 fully saturated rings. The van der Waals surface area contributed by atoms with Crippen LogP contribution < -0.4 is 20.5 Å². The maximum atomic E-state index is 13.4. The topological polar surface area (TPSA) is 157 Å². The lowest BCUT2D eigenvalue weighted by Crippen LogP contribution is -2.55. The minimum Gasteiger partial charge on any atom is -0.383 e. The fourth-order valence-electron chi connectivity index (χ4n) is 4.61. The molecule has 2 atom stereocenters. The van der Waals surface area contributed by atoms with E-state index in [-0.39, 0.29) is 30.1 Å². The average molecular weight is 499 g/mol. The summed E-state index contributed by atoms with van der Waals surface area (Å²) in [6, 6.07) is 2.03. The van der Waals surface area contributed by atoms with Gasteiger partial charge in [0.05, 0.1) is 11.4 Å². The summed E-state index contributed by atoms with van der Waals surface area (Å²) >= 11 is 1.34. The van der Waals surface area contributed by atoms with Gasteiger partial charge >= 0.3 is 0 Å². The number of nitrogens with two attached hydrogens (primary N) is 1. The van der Waals surface area contributed by atoms with E-state index < -0.39 is 22.3 Å². The third-order valence-corrected chi connectivity index (χ3v) is 8.61. The number of thiophene rings is 1. The Bertz CT molecular complexity index is 958. The van der Waals surface area contributed by atoms with Crippen LogP contribution in [0.15, 0.2) is 12.1 Å². The molecule has 1 saturated carbocycles. The van der Waals surface area contributed by atoms with Gasteiger partial charge in [-0.15, -0.1) is 11.3 Å². The van der Waals surface area contributed by atoms with Crippen molar-refractivity contribution in [2.45, 2.75) is 70.0 Å². The zero-order valence-electron chi connectivity index (χ0n) is 18.9. The van der Waals surface area contributed by atoms with Crippen molar-refractivity contribution in [1.29, 1.82) is 5.41 Å². The van der Waals surface area contributed by atoms with Crippen molar-refractivity contribution in [2.24, 2.45) is 11.7 Å². The molecule has 1 aliphatic heterocycles. The number of nitrogens with zero attached hydrogens (tertiary/aromatic N) is 1. The predicted molar refractivity (Wildman–Crippen MR) is 128 cm³/mol. The van der Waals surface area contributed by atoms with Crippen LogP contribution in [0.3, 0.4) is 0 Å². The standard InChI is InChI=1S/C21H34N6O4S2/c1-24-33(30,31)26-16(12-14-6-3-2-4-7-14)21(29)27-11-5-8-17(27)20(28)25-13-15-9-10-18(32-15)19(22)23/h9-10,14,16-17,24,26H,2-8,11-13H2,1H3,(H3,22,23)(H,25,28)/t16-,17+/m1/s1. The lowest BCUT2D eigenvalue weighted by molar-refractivity contribution is -0.140. The van der Waals surface area contributed by atoms with Gasteiger partial charge in [0.15, 0.2) is 0 Å². The van der Waals surface area contributed by atoms with Crippen LogP contribution in [0, 0.1) is 11.3 Å². The number of nitrogens with one attached hydrogen (secondary N) is 4. The van der Waals surface area contributed by atoms with Gasteiger partial charge in [-0.05, 0) is 37.3 Å². The molecule has 1 saturated heterocycles. The molecule has 3 rings (SSSR count). The number of amidine groups is 1. The van der Waals surface area contributed by atoms with E-state index in [9.17, 15) is 18.0 Å². The minimum absolute atomic E-state index is 0.0156. The molecule has 1 aromatic heterocycles. The van der Waals surface area contributed by atoms with Crippen LogP contribution in [-0.4, -0.2) is 56.6 Å². The van der Waals surface area contributed by atoms with Crippen LogP contribution in [0.25, 0.3) is 0 Å². The Kier molecular flexibility index (Phi) is 8.85. The first kappa shape index (κ1) is 25.6. The van der Waals surface area contributed by atoms with Crippen LogP contribution >= 0.6 is 11.3 Å². The highest BCUT2D eigenvalue weighted by Gasteiger charge is 2.39. The van der Waals surface area contributed by atoms with Crippen molar-refractivity contribution in [1.82, 2.24) is 19.7 Å². The fourth-order valence-corrected chi connectivity index (χ4v) is 6.11. The van der Waals surface area contributed by atoms with E-state index in [1.54, 1.807) is 6.07 Å². The Morgan fingerprint density at radius 2 is 1.94 bits per heavy atom. The number of rotatable bonds is 10. The lowest BCUT2D eigenvalue weighted by Gasteiger charge is -2.31.